The predicted octanol–water partition coefficient (Wildman–Crippen LogP) is 2.79. The maximum absolute atomic E-state index is 12.9. The van der Waals surface area contributed by atoms with Crippen molar-refractivity contribution in [1.29, 1.82) is 0 Å². The molecule has 0 fully saturated rings. The topological polar surface area (TPSA) is 125 Å². The van der Waals surface area contributed by atoms with Gasteiger partial charge in [0.05, 0.1) is 22.3 Å². The average Bonchev–Trinajstić information content (AvgIpc) is 3.18. The fourth-order valence-corrected chi connectivity index (χ4v) is 5.38. The number of benzene rings is 2. The number of fused-ring (bicyclic) bond motifs is 1. The van der Waals surface area contributed by atoms with E-state index in [0.29, 0.717) is 36.5 Å². The van der Waals surface area contributed by atoms with Crippen molar-refractivity contribution in [2.45, 2.75) is 51.2 Å². The third-order valence-electron chi connectivity index (χ3n) is 5.62. The Morgan fingerprint density at radius 1 is 1.09 bits per heavy atom. The van der Waals surface area contributed by atoms with Crippen molar-refractivity contribution >= 4 is 32.9 Å². The van der Waals surface area contributed by atoms with Gasteiger partial charge in [-0.15, -0.1) is 0 Å². The zero-order valence-corrected chi connectivity index (χ0v) is 20.4. The van der Waals surface area contributed by atoms with Gasteiger partial charge in [-0.3, -0.25) is 9.59 Å². The highest BCUT2D eigenvalue weighted by atomic mass is 32.2. The summed E-state index contributed by atoms with van der Waals surface area (Å²) in [5.74, 6) is -0.698. The Morgan fingerprint density at radius 2 is 1.76 bits per heavy atom. The van der Waals surface area contributed by atoms with E-state index in [2.05, 4.69) is 4.98 Å². The summed E-state index contributed by atoms with van der Waals surface area (Å²) >= 11 is 0. The molecule has 0 saturated heterocycles. The van der Waals surface area contributed by atoms with E-state index in [9.17, 15) is 18.0 Å². The number of aromatic nitrogens is 2. The second kappa shape index (κ2) is 10.8. The van der Waals surface area contributed by atoms with Gasteiger partial charge in [-0.05, 0) is 25.1 Å². The number of hydrogen-bond acceptors (Lipinski definition) is 6. The minimum absolute atomic E-state index is 0.00939. The molecule has 0 radical (unpaired) electrons. The van der Waals surface area contributed by atoms with Crippen LogP contribution in [-0.2, 0) is 37.3 Å². The molecule has 0 bridgehead atoms. The van der Waals surface area contributed by atoms with Gasteiger partial charge in [0.25, 0.3) is 5.91 Å². The van der Waals surface area contributed by atoms with Crippen molar-refractivity contribution in [3.8, 4) is 0 Å². The van der Waals surface area contributed by atoms with E-state index in [0.717, 1.165) is 5.52 Å². The number of esters is 1. The van der Waals surface area contributed by atoms with E-state index in [1.165, 1.54) is 4.31 Å². The molecule has 3 rings (SSSR count). The van der Waals surface area contributed by atoms with E-state index >= 15 is 0 Å². The van der Waals surface area contributed by atoms with Gasteiger partial charge in [0, 0.05) is 31.6 Å². The fourth-order valence-electron chi connectivity index (χ4n) is 3.90. The Balaban J connectivity index is 1.80. The van der Waals surface area contributed by atoms with Crippen molar-refractivity contribution in [2.24, 2.45) is 5.73 Å². The molecule has 9 nitrogen and oxygen atoms in total. The molecule has 1 amide bonds. The zero-order chi connectivity index (χ0) is 24.9. The van der Waals surface area contributed by atoms with Crippen molar-refractivity contribution in [2.75, 3.05) is 13.1 Å². The molecule has 1 atom stereocenters. The van der Waals surface area contributed by atoms with Gasteiger partial charge in [0.1, 0.15) is 5.82 Å². The summed E-state index contributed by atoms with van der Waals surface area (Å²) in [7, 11) is -3.61. The van der Waals surface area contributed by atoms with Gasteiger partial charge < -0.3 is 15.0 Å². The fraction of sp³-hybridized carbons (Fsp3) is 0.375. The third kappa shape index (κ3) is 5.28. The first-order valence-electron chi connectivity index (χ1n) is 11.3. The molecule has 1 unspecified atom stereocenters. The van der Waals surface area contributed by atoms with Crippen LogP contribution in [-0.4, -0.2) is 47.2 Å². The van der Waals surface area contributed by atoms with Gasteiger partial charge in [0.15, 0.2) is 0 Å². The van der Waals surface area contributed by atoms with Gasteiger partial charge in [-0.25, -0.2) is 13.4 Å². The number of nitrogens with two attached hydrogens (primary N) is 1. The second-order valence-electron chi connectivity index (χ2n) is 7.70. The number of sulfonamides is 1. The Hall–Kier alpha value is -3.24. The standard InChI is InChI=1S/C24H30N4O5S/c1-4-27(5-2)34(31,32)18-12-13-20-19(16-18)26-21(28(20)6-3)14-15-22(29)33-23(24(25)30)17-10-8-7-9-11-17/h7-13,16,23H,4-6,14-15H2,1-3H3,(H2,25,30). The molecule has 3 aromatic rings. The minimum Gasteiger partial charge on any atom is -0.447 e. The molecule has 1 heterocycles. The average molecular weight is 487 g/mol. The Bertz CT molecular complexity index is 1270. The number of primary amides is 1. The lowest BCUT2D eigenvalue weighted by Gasteiger charge is -2.18. The number of imidazole rings is 1. The number of rotatable bonds is 11. The number of hydrogen-bond donors (Lipinski definition) is 1. The van der Waals surface area contributed by atoms with Crippen LogP contribution in [0.1, 0.15) is 44.7 Å². The summed E-state index contributed by atoms with van der Waals surface area (Å²) in [6, 6.07) is 13.5. The number of aryl methyl sites for hydroxylation is 2. The van der Waals surface area contributed by atoms with E-state index in [1.807, 2.05) is 11.5 Å². The molecule has 0 aliphatic carbocycles. The van der Waals surface area contributed by atoms with Gasteiger partial charge in [0.2, 0.25) is 16.1 Å². The lowest BCUT2D eigenvalue weighted by Crippen LogP contribution is -2.30. The molecule has 0 saturated carbocycles. The van der Waals surface area contributed by atoms with E-state index < -0.39 is 28.0 Å². The van der Waals surface area contributed by atoms with Crippen LogP contribution in [0.4, 0.5) is 0 Å². The summed E-state index contributed by atoms with van der Waals surface area (Å²) in [5, 5.41) is 0. The highest BCUT2D eigenvalue weighted by Gasteiger charge is 2.24. The third-order valence-corrected chi connectivity index (χ3v) is 7.67. The maximum atomic E-state index is 12.9. The van der Waals surface area contributed by atoms with Crippen molar-refractivity contribution in [3.05, 3.63) is 59.9 Å². The van der Waals surface area contributed by atoms with Crippen LogP contribution in [0.25, 0.3) is 11.0 Å². The highest BCUT2D eigenvalue weighted by Crippen LogP contribution is 2.24. The Kier molecular flexibility index (Phi) is 8.06. The van der Waals surface area contributed by atoms with E-state index in [1.54, 1.807) is 62.4 Å². The van der Waals surface area contributed by atoms with Crippen LogP contribution in [0.15, 0.2) is 53.4 Å². The Labute approximate surface area is 199 Å². The largest absolute Gasteiger partial charge is 0.447 e. The van der Waals surface area contributed by atoms with Crippen molar-refractivity contribution in [1.82, 2.24) is 13.9 Å². The van der Waals surface area contributed by atoms with Crippen LogP contribution >= 0.6 is 0 Å². The highest BCUT2D eigenvalue weighted by molar-refractivity contribution is 7.89. The molecule has 10 heteroatoms. The molecule has 0 aliphatic rings. The van der Waals surface area contributed by atoms with Crippen LogP contribution in [0.3, 0.4) is 0 Å². The minimum atomic E-state index is -3.61. The molecule has 34 heavy (non-hydrogen) atoms. The first kappa shape index (κ1) is 25.4. The summed E-state index contributed by atoms with van der Waals surface area (Å²) in [6.45, 7) is 6.89. The van der Waals surface area contributed by atoms with E-state index in [4.69, 9.17) is 10.5 Å². The molecule has 1 aromatic heterocycles. The van der Waals surface area contributed by atoms with Crippen molar-refractivity contribution < 1.29 is 22.7 Å². The molecule has 2 aromatic carbocycles. The number of nitrogens with zero attached hydrogens (tertiary/aromatic N) is 3. The quantitative estimate of drug-likeness (QED) is 0.416. The summed E-state index contributed by atoms with van der Waals surface area (Å²) in [6.07, 6.45) is -0.906. The number of ether oxygens (including phenoxy) is 1. The number of amides is 1. The SMILES string of the molecule is CCN(CC)S(=O)(=O)c1ccc2c(c1)nc(CCC(=O)OC(C(N)=O)c1ccccc1)n2CC. The molecule has 0 spiro atoms. The molecule has 0 aliphatic heterocycles. The first-order chi connectivity index (χ1) is 16.2. The normalized spacial score (nSPS) is 12.7. The lowest BCUT2D eigenvalue weighted by atomic mass is 10.1. The molecular weight excluding hydrogens is 456 g/mol. The molecule has 182 valence electrons. The lowest BCUT2D eigenvalue weighted by molar-refractivity contribution is -0.155. The molecule has 2 N–H and O–H groups in total. The van der Waals surface area contributed by atoms with Gasteiger partial charge in [-0.2, -0.15) is 4.31 Å². The zero-order valence-electron chi connectivity index (χ0n) is 19.6. The number of carbonyl (C=O) groups excluding carboxylic acids is 2. The second-order valence-corrected chi connectivity index (χ2v) is 9.63. The number of carbonyl (C=O) groups is 2. The maximum Gasteiger partial charge on any atom is 0.307 e. The summed E-state index contributed by atoms with van der Waals surface area (Å²) in [5.41, 5.74) is 7.25. The smallest absolute Gasteiger partial charge is 0.307 e. The Morgan fingerprint density at radius 3 is 2.35 bits per heavy atom. The monoisotopic (exact) mass is 486 g/mol. The van der Waals surface area contributed by atoms with Crippen LogP contribution in [0.5, 0.6) is 0 Å². The van der Waals surface area contributed by atoms with Crippen LogP contribution < -0.4 is 5.73 Å². The van der Waals surface area contributed by atoms with Crippen LogP contribution in [0, 0.1) is 0 Å². The van der Waals surface area contributed by atoms with E-state index in [-0.39, 0.29) is 17.7 Å². The van der Waals surface area contributed by atoms with Gasteiger partial charge >= 0.3 is 5.97 Å². The summed E-state index contributed by atoms with van der Waals surface area (Å²) in [4.78, 5) is 29.1. The van der Waals surface area contributed by atoms with Crippen LogP contribution in [0.2, 0.25) is 0 Å². The summed E-state index contributed by atoms with van der Waals surface area (Å²) < 4.78 is 34.4. The molecular formula is C24H30N4O5S. The first-order valence-corrected chi connectivity index (χ1v) is 12.7. The van der Waals surface area contributed by atoms with Crippen molar-refractivity contribution in [3.63, 3.8) is 0 Å². The van der Waals surface area contributed by atoms with Gasteiger partial charge in [-0.1, -0.05) is 44.2 Å². The predicted molar refractivity (Wildman–Crippen MR) is 128 cm³/mol.